The van der Waals surface area contributed by atoms with Gasteiger partial charge in [-0.25, -0.2) is 0 Å². The molecule has 3 heteroatoms. The molecule has 3 nitrogen and oxygen atoms in total. The van der Waals surface area contributed by atoms with E-state index in [1.54, 1.807) is 0 Å². The van der Waals surface area contributed by atoms with Crippen LogP contribution in [0.2, 0.25) is 0 Å². The predicted molar refractivity (Wildman–Crippen MR) is 82.3 cm³/mol. The molecule has 2 aliphatic heterocycles. The molecule has 1 atom stereocenters. The lowest BCUT2D eigenvalue weighted by atomic mass is 9.85. The standard InChI is InChI=1S/C16H33N3/c1-3-9-18-10-4-7-16(14-17,8-13-18)19-11-5-15(2)6-12-19/h15H,3-14,17H2,1-2H3. The van der Waals surface area contributed by atoms with Crippen LogP contribution in [0.4, 0.5) is 0 Å². The Hall–Kier alpha value is -0.120. The second-order valence-corrected chi connectivity index (χ2v) is 6.79. The van der Waals surface area contributed by atoms with Crippen molar-refractivity contribution >= 4 is 0 Å². The summed E-state index contributed by atoms with van der Waals surface area (Å²) >= 11 is 0. The van der Waals surface area contributed by atoms with Gasteiger partial charge in [0, 0.05) is 12.1 Å². The first-order chi connectivity index (χ1) is 9.20. The lowest BCUT2D eigenvalue weighted by Crippen LogP contribution is -2.56. The van der Waals surface area contributed by atoms with Crippen molar-refractivity contribution < 1.29 is 0 Å². The maximum absolute atomic E-state index is 6.23. The van der Waals surface area contributed by atoms with E-state index in [0.717, 1.165) is 12.5 Å². The van der Waals surface area contributed by atoms with Gasteiger partial charge >= 0.3 is 0 Å². The van der Waals surface area contributed by atoms with Crippen LogP contribution in [0.3, 0.4) is 0 Å². The minimum atomic E-state index is 0.308. The summed E-state index contributed by atoms with van der Waals surface area (Å²) in [5, 5.41) is 0. The van der Waals surface area contributed by atoms with E-state index in [2.05, 4.69) is 23.6 Å². The van der Waals surface area contributed by atoms with Crippen LogP contribution in [0.25, 0.3) is 0 Å². The highest BCUT2D eigenvalue weighted by Crippen LogP contribution is 2.32. The molecule has 2 heterocycles. The Morgan fingerprint density at radius 3 is 2.47 bits per heavy atom. The van der Waals surface area contributed by atoms with Gasteiger partial charge in [-0.1, -0.05) is 13.8 Å². The number of hydrogen-bond donors (Lipinski definition) is 1. The van der Waals surface area contributed by atoms with Gasteiger partial charge in [0.1, 0.15) is 0 Å². The second kappa shape index (κ2) is 7.05. The Morgan fingerprint density at radius 2 is 1.84 bits per heavy atom. The summed E-state index contributed by atoms with van der Waals surface area (Å²) in [7, 11) is 0. The molecule has 2 N–H and O–H groups in total. The van der Waals surface area contributed by atoms with Gasteiger partial charge in [0.25, 0.3) is 0 Å². The third kappa shape index (κ3) is 3.71. The largest absolute Gasteiger partial charge is 0.329 e. The van der Waals surface area contributed by atoms with Gasteiger partial charge < -0.3 is 10.6 Å². The first-order valence-electron chi connectivity index (χ1n) is 8.37. The van der Waals surface area contributed by atoms with E-state index < -0.39 is 0 Å². The number of likely N-dealkylation sites (tertiary alicyclic amines) is 2. The summed E-state index contributed by atoms with van der Waals surface area (Å²) in [5.74, 6) is 0.911. The van der Waals surface area contributed by atoms with Crippen LogP contribution in [-0.4, -0.2) is 54.6 Å². The molecule has 2 saturated heterocycles. The molecule has 0 aliphatic carbocycles. The molecule has 0 aromatic carbocycles. The van der Waals surface area contributed by atoms with E-state index in [9.17, 15) is 0 Å². The molecule has 2 rings (SSSR count). The van der Waals surface area contributed by atoms with Gasteiger partial charge in [-0.3, -0.25) is 4.90 Å². The lowest BCUT2D eigenvalue weighted by Gasteiger charge is -2.46. The van der Waals surface area contributed by atoms with Crippen LogP contribution in [-0.2, 0) is 0 Å². The van der Waals surface area contributed by atoms with Crippen LogP contribution in [0.1, 0.15) is 52.4 Å². The fourth-order valence-electron chi connectivity index (χ4n) is 3.91. The number of nitrogens with two attached hydrogens (primary N) is 1. The molecule has 2 fully saturated rings. The molecule has 0 aromatic rings. The number of piperidine rings is 1. The van der Waals surface area contributed by atoms with Crippen molar-refractivity contribution in [3.8, 4) is 0 Å². The summed E-state index contributed by atoms with van der Waals surface area (Å²) < 4.78 is 0. The predicted octanol–water partition coefficient (Wildman–Crippen LogP) is 2.31. The Kier molecular flexibility index (Phi) is 5.67. The first kappa shape index (κ1) is 15.3. The van der Waals surface area contributed by atoms with Crippen molar-refractivity contribution in [1.29, 1.82) is 0 Å². The summed E-state index contributed by atoms with van der Waals surface area (Å²) in [5.41, 5.74) is 6.54. The van der Waals surface area contributed by atoms with Gasteiger partial charge in [-0.2, -0.15) is 0 Å². The minimum Gasteiger partial charge on any atom is -0.329 e. The fourth-order valence-corrected chi connectivity index (χ4v) is 3.91. The topological polar surface area (TPSA) is 32.5 Å². The van der Waals surface area contributed by atoms with Crippen molar-refractivity contribution in [1.82, 2.24) is 9.80 Å². The number of hydrogen-bond acceptors (Lipinski definition) is 3. The van der Waals surface area contributed by atoms with Gasteiger partial charge in [0.05, 0.1) is 0 Å². The quantitative estimate of drug-likeness (QED) is 0.848. The van der Waals surface area contributed by atoms with Crippen molar-refractivity contribution in [3.05, 3.63) is 0 Å². The van der Waals surface area contributed by atoms with Crippen LogP contribution in [0.15, 0.2) is 0 Å². The fraction of sp³-hybridized carbons (Fsp3) is 1.00. The molecule has 0 amide bonds. The van der Waals surface area contributed by atoms with E-state index in [4.69, 9.17) is 5.73 Å². The molecule has 0 bridgehead atoms. The van der Waals surface area contributed by atoms with Crippen molar-refractivity contribution in [3.63, 3.8) is 0 Å². The Labute approximate surface area is 119 Å². The third-order valence-electron chi connectivity index (χ3n) is 5.38. The summed E-state index contributed by atoms with van der Waals surface area (Å²) in [6, 6.07) is 0. The lowest BCUT2D eigenvalue weighted by molar-refractivity contribution is 0.0457. The van der Waals surface area contributed by atoms with Gasteiger partial charge in [0.15, 0.2) is 0 Å². The summed E-state index contributed by atoms with van der Waals surface area (Å²) in [6.07, 6.45) is 7.90. The average Bonchev–Trinajstić information content (AvgIpc) is 2.64. The molecule has 19 heavy (non-hydrogen) atoms. The monoisotopic (exact) mass is 267 g/mol. The molecule has 0 spiro atoms. The number of nitrogens with zero attached hydrogens (tertiary/aromatic N) is 2. The maximum Gasteiger partial charge on any atom is 0.0344 e. The van der Waals surface area contributed by atoms with Crippen LogP contribution in [0.5, 0.6) is 0 Å². The van der Waals surface area contributed by atoms with Crippen LogP contribution in [0, 0.1) is 5.92 Å². The van der Waals surface area contributed by atoms with E-state index in [0.29, 0.717) is 5.54 Å². The Balaban J connectivity index is 1.97. The zero-order valence-electron chi connectivity index (χ0n) is 13.0. The SMILES string of the molecule is CCCN1CCCC(CN)(N2CCC(C)CC2)CC1. The molecule has 0 aromatic heterocycles. The van der Waals surface area contributed by atoms with Crippen molar-refractivity contribution in [2.24, 2.45) is 11.7 Å². The number of rotatable bonds is 4. The van der Waals surface area contributed by atoms with Crippen molar-refractivity contribution in [2.75, 3.05) is 39.3 Å². The molecule has 112 valence electrons. The van der Waals surface area contributed by atoms with Crippen LogP contribution >= 0.6 is 0 Å². The molecule has 0 radical (unpaired) electrons. The van der Waals surface area contributed by atoms with Gasteiger partial charge in [-0.15, -0.1) is 0 Å². The maximum atomic E-state index is 6.23. The highest BCUT2D eigenvalue weighted by atomic mass is 15.2. The average molecular weight is 267 g/mol. The van der Waals surface area contributed by atoms with E-state index >= 15 is 0 Å². The summed E-state index contributed by atoms with van der Waals surface area (Å²) in [4.78, 5) is 5.38. The van der Waals surface area contributed by atoms with Crippen molar-refractivity contribution in [2.45, 2.75) is 57.9 Å². The minimum absolute atomic E-state index is 0.308. The molecular formula is C16H33N3. The third-order valence-corrected chi connectivity index (χ3v) is 5.38. The molecule has 0 saturated carbocycles. The second-order valence-electron chi connectivity index (χ2n) is 6.79. The summed E-state index contributed by atoms with van der Waals surface area (Å²) in [6.45, 7) is 11.9. The highest BCUT2D eigenvalue weighted by molar-refractivity contribution is 4.96. The Bertz CT molecular complexity index is 261. The smallest absolute Gasteiger partial charge is 0.0344 e. The zero-order chi connectivity index (χ0) is 13.7. The molecule has 1 unspecified atom stereocenters. The normalized spacial score (nSPS) is 32.4. The van der Waals surface area contributed by atoms with E-state index in [1.165, 1.54) is 71.2 Å². The molecular weight excluding hydrogens is 234 g/mol. The van der Waals surface area contributed by atoms with Crippen LogP contribution < -0.4 is 5.73 Å². The van der Waals surface area contributed by atoms with E-state index in [1.807, 2.05) is 0 Å². The molecule has 2 aliphatic rings. The highest BCUT2D eigenvalue weighted by Gasteiger charge is 2.38. The first-order valence-corrected chi connectivity index (χ1v) is 8.37. The van der Waals surface area contributed by atoms with Gasteiger partial charge in [-0.05, 0) is 77.2 Å². The van der Waals surface area contributed by atoms with E-state index in [-0.39, 0.29) is 0 Å². The van der Waals surface area contributed by atoms with Gasteiger partial charge in [0.2, 0.25) is 0 Å². The Morgan fingerprint density at radius 1 is 1.11 bits per heavy atom. The zero-order valence-corrected chi connectivity index (χ0v) is 13.0.